The molecule has 16 heavy (non-hydrogen) atoms. The summed E-state index contributed by atoms with van der Waals surface area (Å²) in [6, 6.07) is 5.71. The monoisotopic (exact) mass is 283 g/mol. The molecule has 1 fully saturated rings. The Hall–Kier alpha value is -1.36. The Balaban J connectivity index is 2.29. The van der Waals surface area contributed by atoms with E-state index < -0.39 is 11.9 Å². The number of esters is 2. The molecule has 0 atom stereocenters. The molecule has 1 aromatic rings. The highest BCUT2D eigenvalue weighted by molar-refractivity contribution is 9.10. The van der Waals surface area contributed by atoms with Crippen molar-refractivity contribution in [2.75, 3.05) is 18.0 Å². The van der Waals surface area contributed by atoms with Crippen molar-refractivity contribution in [3.8, 4) is 0 Å². The normalized spacial score (nSPS) is 16.2. The fraction of sp³-hybridized carbons (Fsp3) is 0.273. The summed E-state index contributed by atoms with van der Waals surface area (Å²) in [6.45, 7) is 2.17. The summed E-state index contributed by atoms with van der Waals surface area (Å²) in [7, 11) is 0. The molecule has 0 bridgehead atoms. The van der Waals surface area contributed by atoms with Crippen LogP contribution >= 0.6 is 15.9 Å². The van der Waals surface area contributed by atoms with Crippen molar-refractivity contribution in [1.82, 2.24) is 0 Å². The van der Waals surface area contributed by atoms with Gasteiger partial charge >= 0.3 is 11.9 Å². The lowest BCUT2D eigenvalue weighted by molar-refractivity contribution is -0.160. The van der Waals surface area contributed by atoms with Gasteiger partial charge in [-0.15, -0.1) is 0 Å². The maximum absolute atomic E-state index is 11.1. The van der Waals surface area contributed by atoms with Gasteiger partial charge in [0.15, 0.2) is 0 Å². The average molecular weight is 284 g/mol. The van der Waals surface area contributed by atoms with Gasteiger partial charge in [0.1, 0.15) is 13.1 Å². The van der Waals surface area contributed by atoms with Crippen LogP contribution in [0, 0.1) is 6.92 Å². The number of halogens is 1. The van der Waals surface area contributed by atoms with Gasteiger partial charge in [-0.2, -0.15) is 0 Å². The smallest absolute Gasteiger partial charge is 0.333 e. The predicted molar refractivity (Wildman–Crippen MR) is 62.2 cm³/mol. The highest BCUT2D eigenvalue weighted by Gasteiger charge is 2.25. The SMILES string of the molecule is Cc1cc(Br)ccc1N1CC(=O)OC(=O)C1. The van der Waals surface area contributed by atoms with Crippen molar-refractivity contribution in [3.63, 3.8) is 0 Å². The summed E-state index contributed by atoms with van der Waals surface area (Å²) < 4.78 is 5.44. The molecule has 1 heterocycles. The molecule has 0 saturated carbocycles. The topological polar surface area (TPSA) is 46.6 Å². The van der Waals surface area contributed by atoms with Crippen molar-refractivity contribution in [3.05, 3.63) is 28.2 Å². The highest BCUT2D eigenvalue weighted by atomic mass is 79.9. The first-order chi connectivity index (χ1) is 7.56. The molecule has 1 saturated heterocycles. The fourth-order valence-corrected chi connectivity index (χ4v) is 2.18. The van der Waals surface area contributed by atoms with Gasteiger partial charge in [-0.05, 0) is 30.7 Å². The molecule has 0 aromatic heterocycles. The van der Waals surface area contributed by atoms with Crippen molar-refractivity contribution >= 4 is 33.6 Å². The number of benzene rings is 1. The summed E-state index contributed by atoms with van der Waals surface area (Å²) in [4.78, 5) is 24.0. The number of carbonyl (C=O) groups is 2. The molecule has 1 aromatic carbocycles. The van der Waals surface area contributed by atoms with E-state index in [0.717, 1.165) is 15.7 Å². The zero-order valence-electron chi connectivity index (χ0n) is 8.70. The zero-order chi connectivity index (χ0) is 11.7. The maximum atomic E-state index is 11.1. The molecular formula is C11H10BrNO3. The summed E-state index contributed by atoms with van der Waals surface area (Å²) in [6.07, 6.45) is 0. The van der Waals surface area contributed by atoms with Crippen molar-refractivity contribution < 1.29 is 14.3 Å². The highest BCUT2D eigenvalue weighted by Crippen LogP contribution is 2.24. The first kappa shape index (κ1) is 11.1. The van der Waals surface area contributed by atoms with Crippen LogP contribution in [-0.2, 0) is 14.3 Å². The second-order valence-corrected chi connectivity index (χ2v) is 4.55. The number of cyclic esters (lactones) is 2. The number of anilines is 1. The van der Waals surface area contributed by atoms with Gasteiger partial charge in [0.05, 0.1) is 0 Å². The lowest BCUT2D eigenvalue weighted by Crippen LogP contribution is -2.43. The van der Waals surface area contributed by atoms with Gasteiger partial charge in [0, 0.05) is 10.2 Å². The van der Waals surface area contributed by atoms with Crippen molar-refractivity contribution in [2.24, 2.45) is 0 Å². The largest absolute Gasteiger partial charge is 0.390 e. The van der Waals surface area contributed by atoms with E-state index in [2.05, 4.69) is 20.7 Å². The van der Waals surface area contributed by atoms with Crippen LogP contribution in [0.5, 0.6) is 0 Å². The van der Waals surface area contributed by atoms with E-state index in [4.69, 9.17) is 0 Å². The van der Waals surface area contributed by atoms with E-state index in [-0.39, 0.29) is 13.1 Å². The first-order valence-electron chi connectivity index (χ1n) is 4.81. The summed E-state index contributed by atoms with van der Waals surface area (Å²) >= 11 is 3.37. The summed E-state index contributed by atoms with van der Waals surface area (Å²) in [5.41, 5.74) is 1.89. The number of rotatable bonds is 1. The predicted octanol–water partition coefficient (Wildman–Crippen LogP) is 1.65. The minimum Gasteiger partial charge on any atom is -0.390 e. The van der Waals surface area contributed by atoms with E-state index in [1.807, 2.05) is 25.1 Å². The van der Waals surface area contributed by atoms with E-state index in [9.17, 15) is 9.59 Å². The van der Waals surface area contributed by atoms with Crippen LogP contribution in [0.2, 0.25) is 0 Å². The lowest BCUT2D eigenvalue weighted by Gasteiger charge is -2.27. The van der Waals surface area contributed by atoms with Crippen LogP contribution in [0.25, 0.3) is 0 Å². The second kappa shape index (κ2) is 4.25. The van der Waals surface area contributed by atoms with Crippen LogP contribution in [0.3, 0.4) is 0 Å². The van der Waals surface area contributed by atoms with Crippen LogP contribution in [0.4, 0.5) is 5.69 Å². The Kier molecular flexibility index (Phi) is 2.96. The minimum atomic E-state index is -0.501. The molecule has 0 unspecified atom stereocenters. The maximum Gasteiger partial charge on any atom is 0.333 e. The van der Waals surface area contributed by atoms with Crippen LogP contribution in [0.15, 0.2) is 22.7 Å². The molecule has 84 valence electrons. The van der Waals surface area contributed by atoms with Gasteiger partial charge in [-0.1, -0.05) is 15.9 Å². The van der Waals surface area contributed by atoms with Gasteiger partial charge in [-0.25, -0.2) is 9.59 Å². The van der Waals surface area contributed by atoms with E-state index in [0.29, 0.717) is 0 Å². The Labute approximate surface area is 101 Å². The molecule has 0 spiro atoms. The third-order valence-corrected chi connectivity index (χ3v) is 2.86. The molecule has 1 aliphatic heterocycles. The molecule has 2 rings (SSSR count). The summed E-state index contributed by atoms with van der Waals surface area (Å²) in [5.74, 6) is -1.00. The quantitative estimate of drug-likeness (QED) is 0.581. The lowest BCUT2D eigenvalue weighted by atomic mass is 10.1. The van der Waals surface area contributed by atoms with E-state index in [1.54, 1.807) is 4.90 Å². The standard InChI is InChI=1S/C11H10BrNO3/c1-7-4-8(12)2-3-9(7)13-5-10(14)16-11(15)6-13/h2-4H,5-6H2,1H3. The third-order valence-electron chi connectivity index (χ3n) is 2.37. The van der Waals surface area contributed by atoms with Crippen molar-refractivity contribution in [2.45, 2.75) is 6.92 Å². The second-order valence-electron chi connectivity index (χ2n) is 3.63. The number of carbonyl (C=O) groups excluding carboxylic acids is 2. The van der Waals surface area contributed by atoms with E-state index in [1.165, 1.54) is 0 Å². The molecular weight excluding hydrogens is 274 g/mol. The Bertz CT molecular complexity index is 443. The Morgan fingerprint density at radius 3 is 2.44 bits per heavy atom. The van der Waals surface area contributed by atoms with Gasteiger partial charge in [0.2, 0.25) is 0 Å². The minimum absolute atomic E-state index is 0.119. The van der Waals surface area contributed by atoms with Gasteiger partial charge in [-0.3, -0.25) is 0 Å². The average Bonchev–Trinajstić information content (AvgIpc) is 2.15. The first-order valence-corrected chi connectivity index (χ1v) is 5.60. The summed E-state index contributed by atoms with van der Waals surface area (Å²) in [5, 5.41) is 0. The number of hydrogen-bond acceptors (Lipinski definition) is 4. The molecule has 0 aliphatic carbocycles. The molecule has 0 radical (unpaired) electrons. The Morgan fingerprint density at radius 2 is 1.88 bits per heavy atom. The molecule has 1 aliphatic rings. The van der Waals surface area contributed by atoms with Crippen molar-refractivity contribution in [1.29, 1.82) is 0 Å². The van der Waals surface area contributed by atoms with Gasteiger partial charge < -0.3 is 9.64 Å². The van der Waals surface area contributed by atoms with Crippen LogP contribution < -0.4 is 4.90 Å². The van der Waals surface area contributed by atoms with E-state index >= 15 is 0 Å². The Morgan fingerprint density at radius 1 is 1.25 bits per heavy atom. The zero-order valence-corrected chi connectivity index (χ0v) is 10.3. The molecule has 4 nitrogen and oxygen atoms in total. The van der Waals surface area contributed by atoms with Crippen LogP contribution in [-0.4, -0.2) is 25.0 Å². The number of morpholine rings is 1. The fourth-order valence-electron chi connectivity index (χ4n) is 1.70. The van der Waals surface area contributed by atoms with Crippen LogP contribution in [0.1, 0.15) is 5.56 Å². The molecule has 0 N–H and O–H groups in total. The number of hydrogen-bond donors (Lipinski definition) is 0. The molecule has 5 heteroatoms. The van der Waals surface area contributed by atoms with Gasteiger partial charge in [0.25, 0.3) is 0 Å². The number of nitrogens with zero attached hydrogens (tertiary/aromatic N) is 1. The number of ether oxygens (including phenoxy) is 1. The number of aryl methyl sites for hydroxylation is 1. The molecule has 0 amide bonds. The third kappa shape index (κ3) is 2.24.